The molecule has 1 amide bonds. The van der Waals surface area contributed by atoms with E-state index >= 15 is 0 Å². The summed E-state index contributed by atoms with van der Waals surface area (Å²) in [6.45, 7) is 5.05. The number of halogens is 1. The molecule has 0 atom stereocenters. The van der Waals surface area contributed by atoms with Crippen LogP contribution in [-0.4, -0.2) is 27.3 Å². The summed E-state index contributed by atoms with van der Waals surface area (Å²) in [7, 11) is -3.47. The molecule has 1 aromatic rings. The summed E-state index contributed by atoms with van der Waals surface area (Å²) >= 11 is 3.21. The summed E-state index contributed by atoms with van der Waals surface area (Å²) in [6, 6.07) is 4.61. The quantitative estimate of drug-likeness (QED) is 0.491. The Hall–Kier alpha value is -1.73. The summed E-state index contributed by atoms with van der Waals surface area (Å²) < 4.78 is 24.2. The van der Waals surface area contributed by atoms with E-state index in [0.717, 1.165) is 6.26 Å². The monoisotopic (exact) mass is 370 g/mol. The van der Waals surface area contributed by atoms with Gasteiger partial charge in [0.2, 0.25) is 0 Å². The number of hydrogen-bond acceptors (Lipinski definition) is 4. The number of carbonyl (C=O) groups excluding carboxylic acids is 1. The molecule has 7 heteroatoms. The van der Waals surface area contributed by atoms with E-state index in [1.54, 1.807) is 25.1 Å². The Kier molecular flexibility index (Phi) is 6.04. The lowest BCUT2D eigenvalue weighted by Gasteiger charge is -2.10. The van der Waals surface area contributed by atoms with Gasteiger partial charge < -0.3 is 5.32 Å². The second kappa shape index (κ2) is 7.33. The Morgan fingerprint density at radius 2 is 2.10 bits per heavy atom. The fourth-order valence-electron chi connectivity index (χ4n) is 1.56. The van der Waals surface area contributed by atoms with Crippen molar-refractivity contribution in [1.82, 2.24) is 0 Å². The molecule has 0 unspecified atom stereocenters. The number of sulfone groups is 1. The first kappa shape index (κ1) is 17.3. The summed E-state index contributed by atoms with van der Waals surface area (Å²) in [6.07, 6.45) is 5.62. The van der Waals surface area contributed by atoms with Gasteiger partial charge in [0, 0.05) is 16.9 Å². The SMILES string of the molecule is C=N/C=C(\C=C/C)C(=O)Nc1ccc(Br)cc1S(C)(=O)=O. The number of carbonyl (C=O) groups is 1. The Bertz CT molecular complexity index is 722. The van der Waals surface area contributed by atoms with Crippen molar-refractivity contribution in [3.63, 3.8) is 0 Å². The van der Waals surface area contributed by atoms with Gasteiger partial charge in [0.05, 0.1) is 16.2 Å². The fourth-order valence-corrected chi connectivity index (χ4v) is 2.93. The number of hydrogen-bond donors (Lipinski definition) is 1. The maximum atomic E-state index is 12.1. The molecule has 0 heterocycles. The molecule has 0 aromatic heterocycles. The first-order valence-corrected chi connectivity index (χ1v) is 8.57. The zero-order valence-corrected chi connectivity index (χ0v) is 14.0. The van der Waals surface area contributed by atoms with Crippen molar-refractivity contribution in [3.8, 4) is 0 Å². The average Bonchev–Trinajstić information content (AvgIpc) is 2.39. The molecule has 0 saturated heterocycles. The highest BCUT2D eigenvalue weighted by atomic mass is 79.9. The third kappa shape index (κ3) is 4.95. The summed E-state index contributed by atoms with van der Waals surface area (Å²) in [5.74, 6) is -0.465. The van der Waals surface area contributed by atoms with Crippen LogP contribution in [0.25, 0.3) is 0 Å². The number of allylic oxidation sites excluding steroid dienone is 1. The van der Waals surface area contributed by atoms with Crippen LogP contribution < -0.4 is 5.32 Å². The van der Waals surface area contributed by atoms with Gasteiger partial charge in [-0.3, -0.25) is 9.79 Å². The third-order valence-electron chi connectivity index (χ3n) is 2.43. The van der Waals surface area contributed by atoms with Crippen LogP contribution in [0.3, 0.4) is 0 Å². The standard InChI is InChI=1S/C14H15BrN2O3S/c1-4-5-10(9-16-2)14(18)17-12-7-6-11(15)8-13(12)21(3,19)20/h4-9H,2H2,1,3H3,(H,17,18)/b5-4-,10-9+. The maximum Gasteiger partial charge on any atom is 0.257 e. The summed E-state index contributed by atoms with van der Waals surface area (Å²) in [4.78, 5) is 15.7. The molecule has 0 aliphatic heterocycles. The topological polar surface area (TPSA) is 75.6 Å². The number of benzene rings is 1. The van der Waals surface area contributed by atoms with Crippen LogP contribution in [0.1, 0.15) is 6.92 Å². The van der Waals surface area contributed by atoms with Gasteiger partial charge >= 0.3 is 0 Å². The molecule has 0 radical (unpaired) electrons. The smallest absolute Gasteiger partial charge is 0.257 e. The molecule has 1 rings (SSSR count). The average molecular weight is 371 g/mol. The lowest BCUT2D eigenvalue weighted by molar-refractivity contribution is -0.112. The Morgan fingerprint density at radius 3 is 2.62 bits per heavy atom. The lowest BCUT2D eigenvalue weighted by Crippen LogP contribution is -2.15. The fraction of sp³-hybridized carbons (Fsp3) is 0.143. The van der Waals surface area contributed by atoms with Crippen LogP contribution in [-0.2, 0) is 14.6 Å². The molecule has 5 nitrogen and oxygen atoms in total. The van der Waals surface area contributed by atoms with E-state index in [9.17, 15) is 13.2 Å². The first-order chi connectivity index (χ1) is 9.79. The highest BCUT2D eigenvalue weighted by molar-refractivity contribution is 9.10. The minimum absolute atomic E-state index is 0.0385. The van der Waals surface area contributed by atoms with Crippen LogP contribution in [0.2, 0.25) is 0 Å². The van der Waals surface area contributed by atoms with Gasteiger partial charge in [-0.15, -0.1) is 0 Å². The second-order valence-corrected chi connectivity index (χ2v) is 7.03. The predicted molar refractivity (Wildman–Crippen MR) is 88.3 cm³/mol. The van der Waals surface area contributed by atoms with Crippen molar-refractivity contribution in [1.29, 1.82) is 0 Å². The number of nitrogens with zero attached hydrogens (tertiary/aromatic N) is 1. The van der Waals surface area contributed by atoms with Crippen LogP contribution in [0.5, 0.6) is 0 Å². The Balaban J connectivity index is 3.22. The Morgan fingerprint density at radius 1 is 1.43 bits per heavy atom. The zero-order valence-electron chi connectivity index (χ0n) is 11.6. The highest BCUT2D eigenvalue weighted by Gasteiger charge is 2.16. The van der Waals surface area contributed by atoms with Crippen LogP contribution in [0.4, 0.5) is 5.69 Å². The van der Waals surface area contributed by atoms with Gasteiger partial charge in [0.25, 0.3) is 5.91 Å². The number of rotatable bonds is 5. The van der Waals surface area contributed by atoms with Gasteiger partial charge in [0.1, 0.15) is 0 Å². The van der Waals surface area contributed by atoms with Crippen molar-refractivity contribution in [2.75, 3.05) is 11.6 Å². The normalized spacial score (nSPS) is 12.4. The minimum Gasteiger partial charge on any atom is -0.321 e. The van der Waals surface area contributed by atoms with Crippen molar-refractivity contribution in [2.24, 2.45) is 4.99 Å². The molecule has 0 fully saturated rings. The van der Waals surface area contributed by atoms with E-state index in [1.165, 1.54) is 18.3 Å². The predicted octanol–water partition coefficient (Wildman–Crippen LogP) is 2.95. The van der Waals surface area contributed by atoms with Gasteiger partial charge in [-0.25, -0.2) is 8.42 Å². The van der Waals surface area contributed by atoms with Crippen molar-refractivity contribution in [3.05, 3.63) is 46.6 Å². The number of amides is 1. The third-order valence-corrected chi connectivity index (χ3v) is 4.06. The molecule has 0 saturated carbocycles. The molecule has 1 aromatic carbocycles. The van der Waals surface area contributed by atoms with E-state index in [1.807, 2.05) is 0 Å². The van der Waals surface area contributed by atoms with E-state index in [-0.39, 0.29) is 16.2 Å². The largest absolute Gasteiger partial charge is 0.321 e. The molecular weight excluding hydrogens is 356 g/mol. The van der Waals surface area contributed by atoms with Crippen LogP contribution in [0, 0.1) is 0 Å². The van der Waals surface area contributed by atoms with Gasteiger partial charge in [0.15, 0.2) is 9.84 Å². The van der Waals surface area contributed by atoms with Crippen LogP contribution in [0.15, 0.2) is 56.5 Å². The molecular formula is C14H15BrN2O3S. The summed E-state index contributed by atoms with van der Waals surface area (Å²) in [5, 5.41) is 2.57. The molecule has 21 heavy (non-hydrogen) atoms. The van der Waals surface area contributed by atoms with Crippen LogP contribution >= 0.6 is 15.9 Å². The van der Waals surface area contributed by atoms with Crippen molar-refractivity contribution >= 4 is 44.1 Å². The maximum absolute atomic E-state index is 12.1. The van der Waals surface area contributed by atoms with Gasteiger partial charge in [-0.05, 0) is 31.8 Å². The summed E-state index contributed by atoms with van der Waals surface area (Å²) in [5.41, 5.74) is 0.486. The number of anilines is 1. The molecule has 0 aliphatic carbocycles. The number of nitrogens with one attached hydrogen (secondary N) is 1. The molecule has 112 valence electrons. The molecule has 0 bridgehead atoms. The Labute approximate surface area is 132 Å². The first-order valence-electron chi connectivity index (χ1n) is 5.89. The highest BCUT2D eigenvalue weighted by Crippen LogP contribution is 2.25. The van der Waals surface area contributed by atoms with E-state index in [0.29, 0.717) is 4.47 Å². The zero-order chi connectivity index (χ0) is 16.0. The number of aliphatic imine (C=N–C) groups is 1. The second-order valence-electron chi connectivity index (χ2n) is 4.13. The van der Waals surface area contributed by atoms with Gasteiger partial charge in [-0.1, -0.05) is 28.1 Å². The van der Waals surface area contributed by atoms with Gasteiger partial charge in [-0.2, -0.15) is 0 Å². The molecule has 1 N–H and O–H groups in total. The van der Waals surface area contributed by atoms with E-state index in [2.05, 4.69) is 33.0 Å². The van der Waals surface area contributed by atoms with E-state index in [4.69, 9.17) is 0 Å². The molecule has 0 aliphatic rings. The van der Waals surface area contributed by atoms with E-state index < -0.39 is 15.7 Å². The minimum atomic E-state index is -3.47. The lowest BCUT2D eigenvalue weighted by atomic mass is 10.2. The van der Waals surface area contributed by atoms with Crippen molar-refractivity contribution in [2.45, 2.75) is 11.8 Å². The molecule has 0 spiro atoms. The van der Waals surface area contributed by atoms with Crippen molar-refractivity contribution < 1.29 is 13.2 Å².